The Bertz CT molecular complexity index is 550. The molecule has 0 heterocycles. The number of carbonyl (C=O) groups excluding carboxylic acids is 2. The van der Waals surface area contributed by atoms with Gasteiger partial charge >= 0.3 is 0 Å². The second kappa shape index (κ2) is 8.25. The van der Waals surface area contributed by atoms with Crippen LogP contribution in [0.5, 0.6) is 0 Å². The quantitative estimate of drug-likeness (QED) is 0.710. The first-order chi connectivity index (χ1) is 10.2. The fourth-order valence-corrected chi connectivity index (χ4v) is 2.21. The zero-order chi connectivity index (χ0) is 16.9. The molecule has 5 nitrogen and oxygen atoms in total. The number of carbonyl (C=O) groups is 2. The minimum Gasteiger partial charge on any atom is -0.374 e. The highest BCUT2D eigenvalue weighted by Gasteiger charge is 2.22. The Hall–Kier alpha value is -1.46. The Morgan fingerprint density at radius 2 is 1.82 bits per heavy atom. The third kappa shape index (κ3) is 5.73. The largest absolute Gasteiger partial charge is 0.374 e. The summed E-state index contributed by atoms with van der Waals surface area (Å²) in [5.74, 6) is -0.601. The molecule has 0 saturated carbocycles. The lowest BCUT2D eigenvalue weighted by Gasteiger charge is -2.21. The molecule has 1 aromatic rings. The number of nitrogens with one attached hydrogen (secondary N) is 2. The smallest absolute Gasteiger partial charge is 0.242 e. The molecule has 0 radical (unpaired) electrons. The minimum atomic E-state index is -0.675. The van der Waals surface area contributed by atoms with Crippen molar-refractivity contribution in [2.45, 2.75) is 39.3 Å². The number of hydrogen-bond donors (Lipinski definition) is 3. The number of nitrogens with two attached hydrogens (primary N) is 1. The molecular weight excluding hydrogens is 325 g/mol. The van der Waals surface area contributed by atoms with Crippen molar-refractivity contribution in [2.75, 3.05) is 5.32 Å². The van der Waals surface area contributed by atoms with E-state index >= 15 is 0 Å². The van der Waals surface area contributed by atoms with Gasteiger partial charge in [-0.25, -0.2) is 0 Å². The molecule has 0 aliphatic rings. The molecule has 0 fully saturated rings. The van der Waals surface area contributed by atoms with Crippen LogP contribution in [0, 0.1) is 5.92 Å². The predicted molar refractivity (Wildman–Crippen MR) is 90.1 cm³/mol. The van der Waals surface area contributed by atoms with Crippen LogP contribution >= 0.6 is 23.2 Å². The van der Waals surface area contributed by atoms with Crippen molar-refractivity contribution in [3.8, 4) is 0 Å². The van der Waals surface area contributed by atoms with E-state index < -0.39 is 18.0 Å². The zero-order valence-corrected chi connectivity index (χ0v) is 14.3. The van der Waals surface area contributed by atoms with Gasteiger partial charge < -0.3 is 16.4 Å². The summed E-state index contributed by atoms with van der Waals surface area (Å²) in [5, 5.41) is 6.50. The molecule has 0 saturated heterocycles. The Morgan fingerprint density at radius 3 is 2.32 bits per heavy atom. The molecule has 7 heteroatoms. The number of benzene rings is 1. The van der Waals surface area contributed by atoms with Gasteiger partial charge in [-0.15, -0.1) is 0 Å². The van der Waals surface area contributed by atoms with E-state index in [1.807, 2.05) is 13.8 Å². The van der Waals surface area contributed by atoms with Crippen molar-refractivity contribution in [3.63, 3.8) is 0 Å². The monoisotopic (exact) mass is 345 g/mol. The predicted octanol–water partition coefficient (Wildman–Crippen LogP) is 2.81. The average Bonchev–Trinajstić information content (AvgIpc) is 2.41. The Kier molecular flexibility index (Phi) is 6.97. The van der Waals surface area contributed by atoms with Crippen LogP contribution in [0.3, 0.4) is 0 Å². The third-order valence-corrected chi connectivity index (χ3v) is 3.80. The normalized spacial score (nSPS) is 13.5. The molecule has 0 spiro atoms. The van der Waals surface area contributed by atoms with E-state index in [2.05, 4.69) is 10.6 Å². The van der Waals surface area contributed by atoms with Crippen molar-refractivity contribution in [2.24, 2.45) is 11.7 Å². The van der Waals surface area contributed by atoms with Crippen LogP contribution in [0.2, 0.25) is 10.0 Å². The van der Waals surface area contributed by atoms with Crippen LogP contribution in [0.4, 0.5) is 5.69 Å². The number of amides is 2. The van der Waals surface area contributed by atoms with E-state index in [4.69, 9.17) is 28.9 Å². The van der Waals surface area contributed by atoms with E-state index in [9.17, 15) is 9.59 Å². The number of anilines is 1. The summed E-state index contributed by atoms with van der Waals surface area (Å²) in [7, 11) is 0. The molecular formula is C15H21Cl2N3O2. The number of hydrogen-bond acceptors (Lipinski definition) is 3. The van der Waals surface area contributed by atoms with Crippen molar-refractivity contribution in [3.05, 3.63) is 28.2 Å². The average molecular weight is 346 g/mol. The van der Waals surface area contributed by atoms with Gasteiger partial charge in [0.15, 0.2) is 0 Å². The van der Waals surface area contributed by atoms with Crippen LogP contribution < -0.4 is 16.4 Å². The highest BCUT2D eigenvalue weighted by Crippen LogP contribution is 2.25. The molecule has 0 aliphatic carbocycles. The lowest BCUT2D eigenvalue weighted by atomic mass is 10.0. The summed E-state index contributed by atoms with van der Waals surface area (Å²) < 4.78 is 0. The molecule has 0 aliphatic heterocycles. The molecule has 2 unspecified atom stereocenters. The molecule has 22 heavy (non-hydrogen) atoms. The topological polar surface area (TPSA) is 84.2 Å². The van der Waals surface area contributed by atoms with E-state index in [0.29, 0.717) is 22.2 Å². The van der Waals surface area contributed by atoms with E-state index in [1.165, 1.54) is 0 Å². The Morgan fingerprint density at radius 1 is 1.18 bits per heavy atom. The maximum Gasteiger partial charge on any atom is 0.242 e. The van der Waals surface area contributed by atoms with Crippen LogP contribution in [-0.2, 0) is 9.59 Å². The maximum absolute atomic E-state index is 12.2. The second-order valence-corrected chi connectivity index (χ2v) is 6.40. The van der Waals surface area contributed by atoms with Crippen molar-refractivity contribution in [1.29, 1.82) is 0 Å². The molecule has 2 amide bonds. The second-order valence-electron chi connectivity index (χ2n) is 5.59. The lowest BCUT2D eigenvalue weighted by Crippen LogP contribution is -2.49. The number of rotatable bonds is 7. The van der Waals surface area contributed by atoms with E-state index in [-0.39, 0.29) is 11.8 Å². The van der Waals surface area contributed by atoms with Gasteiger partial charge in [-0.2, -0.15) is 0 Å². The molecule has 0 aromatic heterocycles. The van der Waals surface area contributed by atoms with Gasteiger partial charge in [-0.3, -0.25) is 9.59 Å². The summed E-state index contributed by atoms with van der Waals surface area (Å²) in [6.07, 6.45) is 0.501. The molecule has 122 valence electrons. The van der Waals surface area contributed by atoms with Gasteiger partial charge in [-0.05, 0) is 37.5 Å². The fraction of sp³-hybridized carbons (Fsp3) is 0.467. The molecule has 0 bridgehead atoms. The van der Waals surface area contributed by atoms with Crippen LogP contribution in [0.25, 0.3) is 0 Å². The first-order valence-corrected chi connectivity index (χ1v) is 7.77. The van der Waals surface area contributed by atoms with Gasteiger partial charge in [-0.1, -0.05) is 37.0 Å². The standard InChI is InChI=1S/C15H21Cl2N3O2/c1-8(2)6-13(14(18)21)20-15(22)9(3)19-10-4-5-11(16)12(17)7-10/h4-5,7-9,13,19H,6H2,1-3H3,(H2,18,21)(H,20,22). The highest BCUT2D eigenvalue weighted by molar-refractivity contribution is 6.42. The number of halogens is 2. The Balaban J connectivity index is 2.67. The summed E-state index contributed by atoms with van der Waals surface area (Å²) in [4.78, 5) is 23.5. The van der Waals surface area contributed by atoms with E-state index in [0.717, 1.165) is 0 Å². The highest BCUT2D eigenvalue weighted by atomic mass is 35.5. The van der Waals surface area contributed by atoms with Crippen molar-refractivity contribution < 1.29 is 9.59 Å². The molecule has 1 aromatic carbocycles. The lowest BCUT2D eigenvalue weighted by molar-refractivity contribution is -0.127. The summed E-state index contributed by atoms with van der Waals surface area (Å²) in [6, 6.07) is 3.77. The fourth-order valence-electron chi connectivity index (χ4n) is 1.92. The first-order valence-electron chi connectivity index (χ1n) is 7.02. The summed E-state index contributed by atoms with van der Waals surface area (Å²) in [6.45, 7) is 5.60. The molecule has 1 rings (SSSR count). The SMILES string of the molecule is CC(C)CC(NC(=O)C(C)Nc1ccc(Cl)c(Cl)c1)C(N)=O. The van der Waals surface area contributed by atoms with Crippen molar-refractivity contribution >= 4 is 40.7 Å². The van der Waals surface area contributed by atoms with Gasteiger partial charge in [0, 0.05) is 5.69 Å². The summed E-state index contributed by atoms with van der Waals surface area (Å²) >= 11 is 11.8. The summed E-state index contributed by atoms with van der Waals surface area (Å²) in [5.41, 5.74) is 5.98. The van der Waals surface area contributed by atoms with E-state index in [1.54, 1.807) is 25.1 Å². The van der Waals surface area contributed by atoms with Gasteiger partial charge in [0.25, 0.3) is 0 Å². The van der Waals surface area contributed by atoms with Crippen LogP contribution in [0.15, 0.2) is 18.2 Å². The third-order valence-electron chi connectivity index (χ3n) is 3.06. The first kappa shape index (κ1) is 18.6. The van der Waals surface area contributed by atoms with Crippen LogP contribution in [0.1, 0.15) is 27.2 Å². The van der Waals surface area contributed by atoms with Gasteiger partial charge in [0.05, 0.1) is 10.0 Å². The van der Waals surface area contributed by atoms with Crippen LogP contribution in [-0.4, -0.2) is 23.9 Å². The van der Waals surface area contributed by atoms with Gasteiger partial charge in [0.2, 0.25) is 11.8 Å². The minimum absolute atomic E-state index is 0.246. The maximum atomic E-state index is 12.2. The molecule has 4 N–H and O–H groups in total. The molecule has 2 atom stereocenters. The van der Waals surface area contributed by atoms with Crippen molar-refractivity contribution in [1.82, 2.24) is 5.32 Å². The van der Waals surface area contributed by atoms with Gasteiger partial charge in [0.1, 0.15) is 12.1 Å². The Labute approximate surface area is 140 Å². The zero-order valence-electron chi connectivity index (χ0n) is 12.8. The number of primary amides is 1.